The van der Waals surface area contributed by atoms with Gasteiger partial charge in [0, 0.05) is 28.7 Å². The Morgan fingerprint density at radius 3 is 2.48 bits per heavy atom. The number of halogens is 1. The summed E-state index contributed by atoms with van der Waals surface area (Å²) in [5, 5.41) is 2.99. The van der Waals surface area contributed by atoms with Crippen LogP contribution < -0.4 is 14.9 Å². The summed E-state index contributed by atoms with van der Waals surface area (Å²) in [6, 6.07) is 12.6. The molecule has 0 bridgehead atoms. The number of urea groups is 1. The summed E-state index contributed by atoms with van der Waals surface area (Å²) in [7, 11) is -2.08. The Morgan fingerprint density at radius 2 is 1.83 bits per heavy atom. The van der Waals surface area contributed by atoms with Crippen LogP contribution in [0.4, 0.5) is 10.5 Å². The van der Waals surface area contributed by atoms with Crippen LogP contribution in [-0.4, -0.2) is 28.0 Å². The minimum absolute atomic E-state index is 0.0691. The highest BCUT2D eigenvalue weighted by atomic mass is 79.9. The van der Waals surface area contributed by atoms with Gasteiger partial charge in [-0.3, -0.25) is 4.90 Å². The van der Waals surface area contributed by atoms with Crippen molar-refractivity contribution in [3.63, 3.8) is 0 Å². The highest BCUT2D eigenvalue weighted by Gasteiger charge is 2.46. The monoisotopic (exact) mass is 477 g/mol. The second-order valence-corrected chi connectivity index (χ2v) is 10.5. The maximum atomic E-state index is 13.0. The van der Waals surface area contributed by atoms with Crippen molar-refractivity contribution in [1.82, 2.24) is 10.0 Å². The molecule has 1 aliphatic heterocycles. The van der Waals surface area contributed by atoms with Gasteiger partial charge in [0.05, 0.1) is 4.90 Å². The number of carbonyl (C=O) groups excluding carboxylic acids is 1. The third-order valence-corrected chi connectivity index (χ3v) is 7.96. The van der Waals surface area contributed by atoms with Gasteiger partial charge in [0.25, 0.3) is 0 Å². The zero-order valence-corrected chi connectivity index (χ0v) is 18.6. The average molecular weight is 478 g/mol. The van der Waals surface area contributed by atoms with Crippen LogP contribution in [0.5, 0.6) is 0 Å². The number of rotatable bonds is 4. The summed E-state index contributed by atoms with van der Waals surface area (Å²) in [5.74, 6) is 0. The lowest BCUT2D eigenvalue weighted by atomic mass is 9.81. The van der Waals surface area contributed by atoms with Gasteiger partial charge in [-0.15, -0.1) is 0 Å². The Hall–Kier alpha value is -1.90. The molecule has 2 aromatic carbocycles. The first kappa shape index (κ1) is 20.4. The fourth-order valence-electron chi connectivity index (χ4n) is 4.48. The molecule has 0 aromatic heterocycles. The van der Waals surface area contributed by atoms with Crippen LogP contribution in [0.2, 0.25) is 0 Å². The second-order valence-electron chi connectivity index (χ2n) is 7.75. The van der Waals surface area contributed by atoms with Crippen LogP contribution >= 0.6 is 15.9 Å². The molecule has 0 radical (unpaired) electrons. The summed E-state index contributed by atoms with van der Waals surface area (Å²) in [4.78, 5) is 15.0. The van der Waals surface area contributed by atoms with Gasteiger partial charge in [-0.1, -0.05) is 40.9 Å². The summed E-state index contributed by atoms with van der Waals surface area (Å²) in [5.41, 5.74) is 3.17. The van der Waals surface area contributed by atoms with Crippen molar-refractivity contribution in [3.05, 3.63) is 58.1 Å². The molecule has 1 aliphatic carbocycles. The molecule has 1 saturated carbocycles. The number of anilines is 1. The third kappa shape index (κ3) is 3.81. The van der Waals surface area contributed by atoms with E-state index in [1.165, 1.54) is 25.5 Å². The predicted octanol–water partition coefficient (Wildman–Crippen LogP) is 3.90. The first-order chi connectivity index (χ1) is 13.8. The number of nitrogens with one attached hydrogen (secondary N) is 2. The van der Waals surface area contributed by atoms with E-state index in [1.807, 2.05) is 17.0 Å². The Bertz CT molecular complexity index is 1030. The van der Waals surface area contributed by atoms with E-state index >= 15 is 0 Å². The normalized spacial score (nSPS) is 17.5. The lowest BCUT2D eigenvalue weighted by molar-refractivity contribution is 0.245. The standard InChI is InChI=1S/C21H24BrN3O3S/c1-23-29(27,28)17-7-4-15(5-8-17)13-24-20(26)25-14-21(10-2-3-11-21)18-12-16(22)6-9-19(18)25/h4-9,12,23H,2-3,10-11,13-14H2,1H3,(H,24,26). The number of hydrogen-bond acceptors (Lipinski definition) is 3. The van der Waals surface area contributed by atoms with Crippen LogP contribution in [0.1, 0.15) is 36.8 Å². The van der Waals surface area contributed by atoms with E-state index in [9.17, 15) is 13.2 Å². The largest absolute Gasteiger partial charge is 0.334 e. The van der Waals surface area contributed by atoms with Crippen molar-refractivity contribution in [3.8, 4) is 0 Å². The Labute approximate surface area is 179 Å². The topological polar surface area (TPSA) is 78.5 Å². The summed E-state index contributed by atoms with van der Waals surface area (Å²) in [6.07, 6.45) is 4.62. The predicted molar refractivity (Wildman–Crippen MR) is 117 cm³/mol. The fourth-order valence-corrected chi connectivity index (χ4v) is 5.57. The summed E-state index contributed by atoms with van der Waals surface area (Å²) < 4.78 is 27.0. The van der Waals surface area contributed by atoms with Crippen LogP contribution in [0.15, 0.2) is 51.8 Å². The van der Waals surface area contributed by atoms with Gasteiger partial charge in [-0.2, -0.15) is 0 Å². The highest BCUT2D eigenvalue weighted by molar-refractivity contribution is 9.10. The van der Waals surface area contributed by atoms with E-state index in [0.717, 1.165) is 28.6 Å². The van der Waals surface area contributed by atoms with Gasteiger partial charge in [0.2, 0.25) is 10.0 Å². The van der Waals surface area contributed by atoms with Gasteiger partial charge >= 0.3 is 6.03 Å². The first-order valence-corrected chi connectivity index (χ1v) is 12.0. The third-order valence-electron chi connectivity index (χ3n) is 6.03. The number of carbonyl (C=O) groups is 1. The molecule has 1 spiro atoms. The van der Waals surface area contributed by atoms with Gasteiger partial charge < -0.3 is 5.32 Å². The molecule has 1 fully saturated rings. The zero-order chi connectivity index (χ0) is 20.6. The molecule has 154 valence electrons. The molecule has 2 N–H and O–H groups in total. The molecule has 0 saturated heterocycles. The van der Waals surface area contributed by atoms with Crippen molar-refractivity contribution in [2.75, 3.05) is 18.5 Å². The van der Waals surface area contributed by atoms with Crippen molar-refractivity contribution in [1.29, 1.82) is 0 Å². The lowest BCUT2D eigenvalue weighted by Gasteiger charge is -2.25. The second kappa shape index (κ2) is 7.74. The summed E-state index contributed by atoms with van der Waals surface area (Å²) >= 11 is 3.57. The van der Waals surface area contributed by atoms with Gasteiger partial charge in [-0.25, -0.2) is 17.9 Å². The molecule has 0 atom stereocenters. The molecule has 2 aliphatic rings. The van der Waals surface area contributed by atoms with Gasteiger partial charge in [0.15, 0.2) is 0 Å². The van der Waals surface area contributed by atoms with Gasteiger partial charge in [-0.05, 0) is 61.3 Å². The molecule has 1 heterocycles. The molecular weight excluding hydrogens is 454 g/mol. The van der Waals surface area contributed by atoms with E-state index in [0.29, 0.717) is 13.1 Å². The number of amides is 2. The molecule has 0 unspecified atom stereocenters. The minimum atomic E-state index is -3.46. The Kier molecular flexibility index (Phi) is 5.44. The number of sulfonamides is 1. The van der Waals surface area contributed by atoms with E-state index in [1.54, 1.807) is 24.3 Å². The number of benzene rings is 2. The molecule has 4 rings (SSSR count). The van der Waals surface area contributed by atoms with E-state index in [4.69, 9.17) is 0 Å². The van der Waals surface area contributed by atoms with Crippen molar-refractivity contribution >= 4 is 37.7 Å². The zero-order valence-electron chi connectivity index (χ0n) is 16.2. The lowest BCUT2D eigenvalue weighted by Crippen LogP contribution is -2.41. The Morgan fingerprint density at radius 1 is 1.14 bits per heavy atom. The minimum Gasteiger partial charge on any atom is -0.334 e. The highest BCUT2D eigenvalue weighted by Crippen LogP contribution is 2.51. The number of nitrogens with zero attached hydrogens (tertiary/aromatic N) is 1. The summed E-state index contributed by atoms with van der Waals surface area (Å²) in [6.45, 7) is 1.05. The van der Waals surface area contributed by atoms with E-state index in [2.05, 4.69) is 32.0 Å². The van der Waals surface area contributed by atoms with Gasteiger partial charge in [0.1, 0.15) is 0 Å². The van der Waals surface area contributed by atoms with Crippen LogP contribution in [0.25, 0.3) is 0 Å². The maximum Gasteiger partial charge on any atom is 0.322 e. The van der Waals surface area contributed by atoms with Crippen molar-refractivity contribution in [2.24, 2.45) is 0 Å². The quantitative estimate of drug-likeness (QED) is 0.700. The molecule has 2 amide bonds. The van der Waals surface area contributed by atoms with Crippen LogP contribution in [0.3, 0.4) is 0 Å². The number of hydrogen-bond donors (Lipinski definition) is 2. The van der Waals surface area contributed by atoms with Crippen LogP contribution in [0, 0.1) is 0 Å². The first-order valence-electron chi connectivity index (χ1n) is 9.73. The fraction of sp³-hybridized carbons (Fsp3) is 0.381. The molecular formula is C21H24BrN3O3S. The Balaban J connectivity index is 1.48. The number of fused-ring (bicyclic) bond motifs is 2. The smallest absolute Gasteiger partial charge is 0.322 e. The molecule has 8 heteroatoms. The van der Waals surface area contributed by atoms with E-state index < -0.39 is 10.0 Å². The average Bonchev–Trinajstić information content (AvgIpc) is 3.32. The van der Waals surface area contributed by atoms with Crippen LogP contribution in [-0.2, 0) is 22.0 Å². The maximum absolute atomic E-state index is 13.0. The molecule has 2 aromatic rings. The SMILES string of the molecule is CNS(=O)(=O)c1ccc(CNC(=O)N2CC3(CCCC3)c3cc(Br)ccc32)cc1. The van der Waals surface area contributed by atoms with Crippen molar-refractivity contribution in [2.45, 2.75) is 42.5 Å². The van der Waals surface area contributed by atoms with E-state index in [-0.39, 0.29) is 16.3 Å². The van der Waals surface area contributed by atoms with Crippen molar-refractivity contribution < 1.29 is 13.2 Å². The molecule has 6 nitrogen and oxygen atoms in total. The molecule has 29 heavy (non-hydrogen) atoms.